The van der Waals surface area contributed by atoms with Crippen molar-refractivity contribution < 1.29 is 14.6 Å². The molecule has 1 aliphatic heterocycles. The molecule has 0 radical (unpaired) electrons. The van der Waals surface area contributed by atoms with Crippen LogP contribution < -0.4 is 9.64 Å². The number of para-hydroxylation sites is 1. The summed E-state index contributed by atoms with van der Waals surface area (Å²) in [6, 6.07) is 23.4. The molecule has 1 amide bonds. The van der Waals surface area contributed by atoms with E-state index >= 15 is 0 Å². The molecule has 28 heavy (non-hydrogen) atoms. The Morgan fingerprint density at radius 3 is 2.21 bits per heavy atom. The van der Waals surface area contributed by atoms with Crippen molar-refractivity contribution in [1.29, 1.82) is 0 Å². The highest BCUT2D eigenvalue weighted by Gasteiger charge is 2.33. The second kappa shape index (κ2) is 7.88. The van der Waals surface area contributed by atoms with E-state index in [-0.39, 0.29) is 11.7 Å². The number of nitrogens with zero attached hydrogens (tertiary/aromatic N) is 1. The number of hydrogen-bond acceptors (Lipinski definition) is 5. The molecule has 3 aromatic carbocycles. The Kier molecular flexibility index (Phi) is 5.14. The maximum atomic E-state index is 12.8. The molecule has 4 nitrogen and oxygen atoms in total. The van der Waals surface area contributed by atoms with Gasteiger partial charge >= 0.3 is 0 Å². The smallest absolute Gasteiger partial charge is 0.270 e. The molecule has 6 heteroatoms. The second-order valence-corrected chi connectivity index (χ2v) is 7.69. The zero-order chi connectivity index (χ0) is 19.5. The third kappa shape index (κ3) is 3.93. The van der Waals surface area contributed by atoms with E-state index in [1.165, 1.54) is 16.7 Å². The summed E-state index contributed by atoms with van der Waals surface area (Å²) in [6.45, 7) is 0. The topological polar surface area (TPSA) is 49.8 Å². The molecule has 3 aromatic rings. The normalized spacial score (nSPS) is 15.3. The number of thiocarbonyl (C=S) groups is 1. The number of carbonyl (C=O) groups is 1. The molecule has 0 atom stereocenters. The maximum Gasteiger partial charge on any atom is 0.270 e. The van der Waals surface area contributed by atoms with Crippen molar-refractivity contribution in [3.63, 3.8) is 0 Å². The van der Waals surface area contributed by atoms with Gasteiger partial charge in [0.15, 0.2) is 4.32 Å². The van der Waals surface area contributed by atoms with E-state index in [1.54, 1.807) is 30.3 Å². The van der Waals surface area contributed by atoms with Crippen molar-refractivity contribution in [1.82, 2.24) is 0 Å². The number of thioether (sulfide) groups is 1. The average Bonchev–Trinajstić information content (AvgIpc) is 2.98. The van der Waals surface area contributed by atoms with Gasteiger partial charge in [-0.3, -0.25) is 9.69 Å². The van der Waals surface area contributed by atoms with Gasteiger partial charge in [-0.05, 0) is 60.2 Å². The Balaban J connectivity index is 1.53. The molecule has 138 valence electrons. The van der Waals surface area contributed by atoms with Crippen LogP contribution in [0, 0.1) is 0 Å². The molecule has 0 saturated carbocycles. The fraction of sp³-hybridized carbons (Fsp3) is 0. The number of anilines is 1. The molecule has 0 aromatic heterocycles. The average molecular weight is 406 g/mol. The highest BCUT2D eigenvalue weighted by Crippen LogP contribution is 2.37. The van der Waals surface area contributed by atoms with Crippen LogP contribution in [0.15, 0.2) is 83.8 Å². The van der Waals surface area contributed by atoms with Crippen LogP contribution in [0.1, 0.15) is 5.56 Å². The lowest BCUT2D eigenvalue weighted by Crippen LogP contribution is -2.27. The minimum Gasteiger partial charge on any atom is -0.508 e. The van der Waals surface area contributed by atoms with E-state index in [4.69, 9.17) is 17.0 Å². The van der Waals surface area contributed by atoms with Gasteiger partial charge in [-0.25, -0.2) is 0 Å². The van der Waals surface area contributed by atoms with Crippen molar-refractivity contribution in [3.8, 4) is 17.2 Å². The van der Waals surface area contributed by atoms with Crippen molar-refractivity contribution in [2.45, 2.75) is 0 Å². The quantitative estimate of drug-likeness (QED) is 0.453. The van der Waals surface area contributed by atoms with Crippen molar-refractivity contribution in [3.05, 3.63) is 89.3 Å². The van der Waals surface area contributed by atoms with Crippen LogP contribution in [-0.4, -0.2) is 15.3 Å². The molecular weight excluding hydrogens is 390 g/mol. The first-order chi connectivity index (χ1) is 13.6. The summed E-state index contributed by atoms with van der Waals surface area (Å²) >= 11 is 6.67. The fourth-order valence-corrected chi connectivity index (χ4v) is 4.00. The van der Waals surface area contributed by atoms with Gasteiger partial charge in [0.1, 0.15) is 17.2 Å². The van der Waals surface area contributed by atoms with Crippen LogP contribution in [-0.2, 0) is 4.79 Å². The third-order valence-electron chi connectivity index (χ3n) is 4.06. The monoisotopic (exact) mass is 405 g/mol. The number of phenolic OH excluding ortho intramolecular Hbond substituents is 1. The molecule has 1 aliphatic rings. The summed E-state index contributed by atoms with van der Waals surface area (Å²) in [7, 11) is 0. The lowest BCUT2D eigenvalue weighted by molar-refractivity contribution is -0.113. The van der Waals surface area contributed by atoms with Crippen molar-refractivity contribution in [2.24, 2.45) is 0 Å². The van der Waals surface area contributed by atoms with Crippen LogP contribution in [0.2, 0.25) is 0 Å². The van der Waals surface area contributed by atoms with Crippen LogP contribution in [0.5, 0.6) is 17.2 Å². The van der Waals surface area contributed by atoms with Crippen LogP contribution in [0.4, 0.5) is 5.69 Å². The second-order valence-electron chi connectivity index (χ2n) is 6.02. The highest BCUT2D eigenvalue weighted by molar-refractivity contribution is 8.27. The lowest BCUT2D eigenvalue weighted by atomic mass is 10.2. The summed E-state index contributed by atoms with van der Waals surface area (Å²) in [5.74, 6) is 1.44. The minimum atomic E-state index is -0.167. The Bertz CT molecular complexity index is 1050. The van der Waals surface area contributed by atoms with E-state index in [2.05, 4.69) is 0 Å². The van der Waals surface area contributed by atoms with Gasteiger partial charge in [-0.1, -0.05) is 54.3 Å². The van der Waals surface area contributed by atoms with E-state index in [1.807, 2.05) is 54.6 Å². The number of benzene rings is 3. The largest absolute Gasteiger partial charge is 0.508 e. The minimum absolute atomic E-state index is 0.167. The van der Waals surface area contributed by atoms with Crippen LogP contribution in [0.3, 0.4) is 0 Å². The lowest BCUT2D eigenvalue weighted by Gasteiger charge is -2.15. The summed E-state index contributed by atoms with van der Waals surface area (Å²) < 4.78 is 6.26. The van der Waals surface area contributed by atoms with Crippen LogP contribution >= 0.6 is 24.0 Å². The Morgan fingerprint density at radius 2 is 1.54 bits per heavy atom. The molecule has 0 unspecified atom stereocenters. The molecule has 4 rings (SSSR count). The SMILES string of the molecule is O=C1C(=Cc2ccc(O)cc2)SC(=S)N1c1ccc(Oc2ccccc2)cc1. The predicted octanol–water partition coefficient (Wildman–Crippen LogP) is 5.59. The standard InChI is InChI=1S/C22H15NO3S2/c24-17-10-6-15(7-11-17)14-20-21(25)23(22(27)28-20)16-8-12-19(13-9-16)26-18-4-2-1-3-5-18/h1-14,24H. The van der Waals surface area contributed by atoms with Gasteiger partial charge in [0, 0.05) is 0 Å². The number of aromatic hydroxyl groups is 1. The van der Waals surface area contributed by atoms with Crippen molar-refractivity contribution in [2.75, 3.05) is 4.90 Å². The van der Waals surface area contributed by atoms with E-state index in [0.29, 0.717) is 20.7 Å². The summed E-state index contributed by atoms with van der Waals surface area (Å²) in [5, 5.41) is 9.39. The van der Waals surface area contributed by atoms with E-state index in [0.717, 1.165) is 11.3 Å². The molecule has 0 aliphatic carbocycles. The van der Waals surface area contributed by atoms with Crippen LogP contribution in [0.25, 0.3) is 6.08 Å². The zero-order valence-corrected chi connectivity index (χ0v) is 16.2. The highest BCUT2D eigenvalue weighted by atomic mass is 32.2. The van der Waals surface area contributed by atoms with Gasteiger partial charge in [0.2, 0.25) is 0 Å². The number of carbonyl (C=O) groups excluding carboxylic acids is 1. The summed E-state index contributed by atoms with van der Waals surface area (Å²) in [5.41, 5.74) is 1.52. The first-order valence-electron chi connectivity index (χ1n) is 8.50. The summed E-state index contributed by atoms with van der Waals surface area (Å²) in [6.07, 6.45) is 1.77. The van der Waals surface area contributed by atoms with E-state index in [9.17, 15) is 9.90 Å². The van der Waals surface area contributed by atoms with Gasteiger partial charge in [0.05, 0.1) is 10.6 Å². The fourth-order valence-electron chi connectivity index (χ4n) is 2.70. The number of ether oxygens (including phenoxy) is 1. The number of rotatable bonds is 4. The molecule has 1 saturated heterocycles. The molecule has 0 spiro atoms. The van der Waals surface area contributed by atoms with Gasteiger partial charge in [-0.2, -0.15) is 0 Å². The number of amides is 1. The maximum absolute atomic E-state index is 12.8. The molecule has 1 heterocycles. The Morgan fingerprint density at radius 1 is 0.893 bits per heavy atom. The zero-order valence-electron chi connectivity index (χ0n) is 14.6. The van der Waals surface area contributed by atoms with Gasteiger partial charge in [-0.15, -0.1) is 0 Å². The van der Waals surface area contributed by atoms with Crippen molar-refractivity contribution >= 4 is 46.0 Å². The molecule has 1 fully saturated rings. The number of hydrogen-bond donors (Lipinski definition) is 1. The molecule has 1 N–H and O–H groups in total. The third-order valence-corrected chi connectivity index (χ3v) is 5.36. The Hall–Kier alpha value is -3.09. The van der Waals surface area contributed by atoms with E-state index < -0.39 is 0 Å². The first kappa shape index (κ1) is 18.3. The number of phenols is 1. The predicted molar refractivity (Wildman–Crippen MR) is 117 cm³/mol. The van der Waals surface area contributed by atoms with Gasteiger partial charge < -0.3 is 9.84 Å². The Labute approximate surface area is 172 Å². The van der Waals surface area contributed by atoms with Gasteiger partial charge in [0.25, 0.3) is 5.91 Å². The first-order valence-corrected chi connectivity index (χ1v) is 9.72. The molecular formula is C22H15NO3S2. The summed E-state index contributed by atoms with van der Waals surface area (Å²) in [4.78, 5) is 14.9. The molecule has 0 bridgehead atoms.